The Morgan fingerprint density at radius 3 is 2.45 bits per heavy atom. The molecular formula is C27H28N4O2. The fourth-order valence-corrected chi connectivity index (χ4v) is 4.04. The summed E-state index contributed by atoms with van der Waals surface area (Å²) in [4.78, 5) is 33.2. The van der Waals surface area contributed by atoms with Gasteiger partial charge in [0.2, 0.25) is 0 Å². The van der Waals surface area contributed by atoms with Crippen LogP contribution in [0, 0.1) is 6.92 Å². The number of nitrogens with one attached hydrogen (secondary N) is 1. The molecule has 2 aromatic carbocycles. The Kier molecular flexibility index (Phi) is 6.54. The number of aromatic nitrogens is 2. The first kappa shape index (κ1) is 22.3. The van der Waals surface area contributed by atoms with Crippen molar-refractivity contribution in [2.24, 2.45) is 0 Å². The zero-order chi connectivity index (χ0) is 23.4. The Hall–Kier alpha value is -3.93. The second kappa shape index (κ2) is 9.69. The lowest BCUT2D eigenvalue weighted by Crippen LogP contribution is -2.30. The van der Waals surface area contributed by atoms with Gasteiger partial charge in [0.05, 0.1) is 6.54 Å². The van der Waals surface area contributed by atoms with Gasteiger partial charge in [-0.2, -0.15) is 0 Å². The molecule has 0 aliphatic rings. The Morgan fingerprint density at radius 1 is 1.00 bits per heavy atom. The molecule has 6 nitrogen and oxygen atoms in total. The third-order valence-electron chi connectivity index (χ3n) is 5.86. The summed E-state index contributed by atoms with van der Waals surface area (Å²) < 4.78 is 1.57. The van der Waals surface area contributed by atoms with Gasteiger partial charge in [0.1, 0.15) is 11.2 Å². The highest BCUT2D eigenvalue weighted by molar-refractivity contribution is 6.06. The molecule has 0 spiro atoms. The molecule has 0 aliphatic carbocycles. The molecule has 0 aliphatic heterocycles. The van der Waals surface area contributed by atoms with Crippen LogP contribution in [-0.2, 0) is 6.54 Å². The van der Waals surface area contributed by atoms with E-state index in [1.807, 2.05) is 55.5 Å². The molecule has 0 radical (unpaired) electrons. The Bertz CT molecular complexity index is 1340. The minimum Gasteiger partial charge on any atom is -0.372 e. The minimum absolute atomic E-state index is 0.0960. The van der Waals surface area contributed by atoms with Crippen LogP contribution in [0.25, 0.3) is 11.0 Å². The molecule has 0 unspecified atom stereocenters. The van der Waals surface area contributed by atoms with Gasteiger partial charge >= 0.3 is 0 Å². The number of hydrogen-bond acceptors (Lipinski definition) is 4. The van der Waals surface area contributed by atoms with Gasteiger partial charge in [0, 0.05) is 36.0 Å². The monoisotopic (exact) mass is 440 g/mol. The van der Waals surface area contributed by atoms with Gasteiger partial charge in [-0.15, -0.1) is 0 Å². The fourth-order valence-electron chi connectivity index (χ4n) is 4.04. The van der Waals surface area contributed by atoms with Gasteiger partial charge in [-0.05, 0) is 68.3 Å². The van der Waals surface area contributed by atoms with Crippen molar-refractivity contribution >= 4 is 28.3 Å². The summed E-state index contributed by atoms with van der Waals surface area (Å²) in [6.07, 6.45) is 1.66. The van der Waals surface area contributed by atoms with E-state index in [1.165, 1.54) is 0 Å². The lowest BCUT2D eigenvalue weighted by molar-refractivity contribution is 0.102. The van der Waals surface area contributed by atoms with Crippen molar-refractivity contribution in [1.82, 2.24) is 9.55 Å². The van der Waals surface area contributed by atoms with Gasteiger partial charge in [-0.25, -0.2) is 4.98 Å². The van der Waals surface area contributed by atoms with E-state index in [1.54, 1.807) is 22.9 Å². The average Bonchev–Trinajstić information content (AvgIpc) is 2.83. The second-order valence-corrected chi connectivity index (χ2v) is 7.98. The number of fused-ring (bicyclic) bond motifs is 1. The molecular weight excluding hydrogens is 412 g/mol. The van der Waals surface area contributed by atoms with E-state index in [4.69, 9.17) is 0 Å². The third kappa shape index (κ3) is 4.65. The van der Waals surface area contributed by atoms with Crippen LogP contribution in [-0.4, -0.2) is 28.5 Å². The predicted molar refractivity (Wildman–Crippen MR) is 134 cm³/mol. The molecule has 1 N–H and O–H groups in total. The van der Waals surface area contributed by atoms with Crippen LogP contribution in [0.3, 0.4) is 0 Å². The number of amides is 1. The van der Waals surface area contributed by atoms with Gasteiger partial charge in [-0.3, -0.25) is 14.2 Å². The number of carbonyl (C=O) groups is 1. The van der Waals surface area contributed by atoms with E-state index >= 15 is 0 Å². The SMILES string of the molecule is CCN(CC)c1ccc(NC(=O)c2cc3cccnc3n(Cc3ccccc3)c2=O)c(C)c1. The number of pyridine rings is 2. The first-order valence-corrected chi connectivity index (χ1v) is 11.2. The van der Waals surface area contributed by atoms with Gasteiger partial charge in [0.15, 0.2) is 0 Å². The third-order valence-corrected chi connectivity index (χ3v) is 5.86. The maximum Gasteiger partial charge on any atom is 0.265 e. The highest BCUT2D eigenvalue weighted by Gasteiger charge is 2.18. The maximum atomic E-state index is 13.4. The number of anilines is 2. The van der Waals surface area contributed by atoms with Crippen LogP contribution in [0.5, 0.6) is 0 Å². The van der Waals surface area contributed by atoms with E-state index in [0.717, 1.165) is 35.3 Å². The number of carbonyl (C=O) groups excluding carboxylic acids is 1. The molecule has 33 heavy (non-hydrogen) atoms. The molecule has 0 saturated carbocycles. The van der Waals surface area contributed by atoms with Crippen molar-refractivity contribution in [3.8, 4) is 0 Å². The van der Waals surface area contributed by atoms with Gasteiger partial charge in [-0.1, -0.05) is 30.3 Å². The average molecular weight is 441 g/mol. The minimum atomic E-state index is -0.425. The van der Waals surface area contributed by atoms with Crippen molar-refractivity contribution in [1.29, 1.82) is 0 Å². The van der Waals surface area contributed by atoms with Crippen LogP contribution in [0.15, 0.2) is 77.7 Å². The van der Waals surface area contributed by atoms with E-state index in [2.05, 4.69) is 35.1 Å². The number of hydrogen-bond donors (Lipinski definition) is 1. The Morgan fingerprint density at radius 2 is 1.76 bits per heavy atom. The zero-order valence-corrected chi connectivity index (χ0v) is 19.2. The van der Waals surface area contributed by atoms with Crippen LogP contribution < -0.4 is 15.8 Å². The smallest absolute Gasteiger partial charge is 0.265 e. The van der Waals surface area contributed by atoms with Crippen molar-refractivity contribution in [2.75, 3.05) is 23.3 Å². The molecule has 0 saturated heterocycles. The molecule has 0 bridgehead atoms. The number of aryl methyl sites for hydroxylation is 1. The number of benzene rings is 2. The van der Waals surface area contributed by atoms with Crippen LogP contribution in [0.1, 0.15) is 35.3 Å². The fraction of sp³-hybridized carbons (Fsp3) is 0.222. The summed E-state index contributed by atoms with van der Waals surface area (Å²) in [7, 11) is 0. The van der Waals surface area contributed by atoms with Crippen LogP contribution in [0.4, 0.5) is 11.4 Å². The number of nitrogens with zero attached hydrogens (tertiary/aromatic N) is 3. The first-order chi connectivity index (χ1) is 16.0. The van der Waals surface area contributed by atoms with E-state index < -0.39 is 5.91 Å². The zero-order valence-electron chi connectivity index (χ0n) is 19.2. The molecule has 1 amide bonds. The summed E-state index contributed by atoms with van der Waals surface area (Å²) in [5, 5.41) is 3.68. The summed E-state index contributed by atoms with van der Waals surface area (Å²) >= 11 is 0. The van der Waals surface area contributed by atoms with Crippen molar-refractivity contribution < 1.29 is 4.79 Å². The van der Waals surface area contributed by atoms with E-state index in [9.17, 15) is 9.59 Å². The first-order valence-electron chi connectivity index (χ1n) is 11.2. The summed E-state index contributed by atoms with van der Waals surface area (Å²) in [5.41, 5.74) is 4.00. The van der Waals surface area contributed by atoms with Crippen LogP contribution in [0.2, 0.25) is 0 Å². The molecule has 2 heterocycles. The molecule has 4 aromatic rings. The molecule has 0 atom stereocenters. The molecule has 0 fully saturated rings. The Labute approximate surface area is 193 Å². The lowest BCUT2D eigenvalue weighted by atomic mass is 10.1. The largest absolute Gasteiger partial charge is 0.372 e. The van der Waals surface area contributed by atoms with E-state index in [-0.39, 0.29) is 11.1 Å². The molecule has 6 heteroatoms. The quantitative estimate of drug-likeness (QED) is 0.446. The summed E-state index contributed by atoms with van der Waals surface area (Å²) in [6.45, 7) is 8.35. The van der Waals surface area contributed by atoms with Crippen molar-refractivity contribution in [2.45, 2.75) is 27.3 Å². The van der Waals surface area contributed by atoms with Gasteiger partial charge in [0.25, 0.3) is 11.5 Å². The molecule has 168 valence electrons. The lowest BCUT2D eigenvalue weighted by Gasteiger charge is -2.22. The number of rotatable bonds is 7. The topological polar surface area (TPSA) is 67.2 Å². The predicted octanol–water partition coefficient (Wildman–Crippen LogP) is 4.85. The summed E-state index contributed by atoms with van der Waals surface area (Å²) in [6, 6.07) is 20.9. The summed E-state index contributed by atoms with van der Waals surface area (Å²) in [5.74, 6) is -0.425. The Balaban J connectivity index is 1.70. The van der Waals surface area contributed by atoms with Crippen molar-refractivity contribution in [3.05, 3.63) is 100.0 Å². The maximum absolute atomic E-state index is 13.4. The second-order valence-electron chi connectivity index (χ2n) is 7.98. The molecule has 2 aromatic heterocycles. The van der Waals surface area contributed by atoms with Gasteiger partial charge < -0.3 is 10.2 Å². The van der Waals surface area contributed by atoms with E-state index in [0.29, 0.717) is 17.9 Å². The molecule has 4 rings (SSSR count). The highest BCUT2D eigenvalue weighted by atomic mass is 16.2. The standard InChI is InChI=1S/C27H28N4O2/c1-4-30(5-2)22-13-14-24(19(3)16-22)29-26(32)23-17-21-12-9-15-28-25(21)31(27(23)33)18-20-10-7-6-8-11-20/h6-17H,4-5,18H2,1-3H3,(H,29,32). The van der Waals surface area contributed by atoms with Crippen molar-refractivity contribution in [3.63, 3.8) is 0 Å². The normalized spacial score (nSPS) is 10.9. The van der Waals surface area contributed by atoms with Crippen LogP contribution >= 0.6 is 0 Å². The highest BCUT2D eigenvalue weighted by Crippen LogP contribution is 2.23.